The SMILES string of the molecule is COCC1(C(=O)Nc2ccc(-n3nc(C)cc3C)nc2)CCNCC1. The zero-order valence-corrected chi connectivity index (χ0v) is 15.0. The molecule has 1 aliphatic heterocycles. The molecule has 0 saturated carbocycles. The smallest absolute Gasteiger partial charge is 0.233 e. The fourth-order valence-electron chi connectivity index (χ4n) is 3.33. The summed E-state index contributed by atoms with van der Waals surface area (Å²) in [5.41, 5.74) is 2.18. The quantitative estimate of drug-likeness (QED) is 0.866. The van der Waals surface area contributed by atoms with Crippen LogP contribution in [0.3, 0.4) is 0 Å². The van der Waals surface area contributed by atoms with Crippen molar-refractivity contribution in [3.63, 3.8) is 0 Å². The monoisotopic (exact) mass is 343 g/mol. The number of ether oxygens (including phenoxy) is 1. The van der Waals surface area contributed by atoms with Gasteiger partial charge in [-0.05, 0) is 58.0 Å². The van der Waals surface area contributed by atoms with Crippen LogP contribution in [-0.2, 0) is 9.53 Å². The number of amides is 1. The number of methoxy groups -OCH3 is 1. The van der Waals surface area contributed by atoms with Crippen LogP contribution in [-0.4, -0.2) is 47.5 Å². The Kier molecular flexibility index (Phi) is 5.15. The normalized spacial score (nSPS) is 16.6. The van der Waals surface area contributed by atoms with Crippen molar-refractivity contribution in [2.75, 3.05) is 32.1 Å². The third-order valence-corrected chi connectivity index (χ3v) is 4.70. The van der Waals surface area contributed by atoms with Crippen LogP contribution in [0.2, 0.25) is 0 Å². The van der Waals surface area contributed by atoms with E-state index in [2.05, 4.69) is 20.7 Å². The average Bonchev–Trinajstić information content (AvgIpc) is 2.95. The second kappa shape index (κ2) is 7.33. The lowest BCUT2D eigenvalue weighted by Crippen LogP contribution is -2.47. The van der Waals surface area contributed by atoms with Crippen molar-refractivity contribution in [1.82, 2.24) is 20.1 Å². The fourth-order valence-corrected chi connectivity index (χ4v) is 3.33. The van der Waals surface area contributed by atoms with Crippen LogP contribution in [0.15, 0.2) is 24.4 Å². The largest absolute Gasteiger partial charge is 0.384 e. The molecule has 0 atom stereocenters. The molecule has 7 heteroatoms. The van der Waals surface area contributed by atoms with E-state index in [-0.39, 0.29) is 5.91 Å². The van der Waals surface area contributed by atoms with Crippen molar-refractivity contribution in [1.29, 1.82) is 0 Å². The third kappa shape index (κ3) is 3.72. The van der Waals surface area contributed by atoms with E-state index in [9.17, 15) is 4.79 Å². The first-order valence-electron chi connectivity index (χ1n) is 8.55. The molecule has 0 aliphatic carbocycles. The standard InChI is InChI=1S/C18H25N5O2/c1-13-10-14(2)23(22-13)16-5-4-15(11-20-16)21-17(24)18(12-25-3)6-8-19-9-7-18/h4-5,10-11,19H,6-9,12H2,1-3H3,(H,21,24). The number of rotatable bonds is 5. The number of aromatic nitrogens is 3. The lowest BCUT2D eigenvalue weighted by atomic mass is 9.78. The molecule has 0 spiro atoms. The van der Waals surface area contributed by atoms with Gasteiger partial charge in [0, 0.05) is 12.8 Å². The minimum atomic E-state index is -0.478. The Labute approximate surface area is 147 Å². The molecule has 2 N–H and O–H groups in total. The summed E-state index contributed by atoms with van der Waals surface area (Å²) in [6, 6.07) is 5.72. The number of pyridine rings is 1. The molecule has 0 unspecified atom stereocenters. The van der Waals surface area contributed by atoms with Crippen LogP contribution in [0.4, 0.5) is 5.69 Å². The molecule has 1 saturated heterocycles. The molecule has 7 nitrogen and oxygen atoms in total. The number of anilines is 1. The predicted molar refractivity (Wildman–Crippen MR) is 95.9 cm³/mol. The topological polar surface area (TPSA) is 81.1 Å². The van der Waals surface area contributed by atoms with Crippen LogP contribution in [0.1, 0.15) is 24.2 Å². The lowest BCUT2D eigenvalue weighted by molar-refractivity contribution is -0.130. The van der Waals surface area contributed by atoms with Crippen molar-refractivity contribution >= 4 is 11.6 Å². The summed E-state index contributed by atoms with van der Waals surface area (Å²) in [6.45, 7) is 6.02. The first-order chi connectivity index (χ1) is 12.0. The van der Waals surface area contributed by atoms with Crippen LogP contribution in [0.25, 0.3) is 5.82 Å². The fraction of sp³-hybridized carbons (Fsp3) is 0.500. The molecule has 1 aliphatic rings. The molecule has 3 rings (SSSR count). The molecule has 1 amide bonds. The molecule has 134 valence electrons. The number of nitrogens with zero attached hydrogens (tertiary/aromatic N) is 3. The van der Waals surface area contributed by atoms with Crippen LogP contribution in [0.5, 0.6) is 0 Å². The highest BCUT2D eigenvalue weighted by atomic mass is 16.5. The molecule has 1 fully saturated rings. The molecule has 25 heavy (non-hydrogen) atoms. The van der Waals surface area contributed by atoms with E-state index in [4.69, 9.17) is 4.74 Å². The van der Waals surface area contributed by atoms with Gasteiger partial charge < -0.3 is 15.4 Å². The number of hydrogen-bond donors (Lipinski definition) is 2. The van der Waals surface area contributed by atoms with Gasteiger partial charge in [0.1, 0.15) is 0 Å². The van der Waals surface area contributed by atoms with E-state index in [1.165, 1.54) is 0 Å². The summed E-state index contributed by atoms with van der Waals surface area (Å²) in [5.74, 6) is 0.730. The lowest BCUT2D eigenvalue weighted by Gasteiger charge is -2.35. The molecule has 2 aromatic heterocycles. The molecular weight excluding hydrogens is 318 g/mol. The van der Waals surface area contributed by atoms with Gasteiger partial charge in [-0.3, -0.25) is 4.79 Å². The highest BCUT2D eigenvalue weighted by Crippen LogP contribution is 2.30. The van der Waals surface area contributed by atoms with Gasteiger partial charge in [0.05, 0.1) is 29.6 Å². The Morgan fingerprint density at radius 3 is 2.68 bits per heavy atom. The summed E-state index contributed by atoms with van der Waals surface area (Å²) in [4.78, 5) is 17.3. The van der Waals surface area contributed by atoms with Crippen LogP contribution >= 0.6 is 0 Å². The maximum Gasteiger partial charge on any atom is 0.233 e. The van der Waals surface area contributed by atoms with Crippen molar-refractivity contribution in [3.8, 4) is 5.82 Å². The minimum absolute atomic E-state index is 0.00323. The van der Waals surface area contributed by atoms with E-state index in [0.29, 0.717) is 12.3 Å². The Morgan fingerprint density at radius 2 is 2.12 bits per heavy atom. The molecule has 0 radical (unpaired) electrons. The molecule has 2 aromatic rings. The summed E-state index contributed by atoms with van der Waals surface area (Å²) in [6.07, 6.45) is 3.21. The third-order valence-electron chi connectivity index (χ3n) is 4.70. The number of carbonyl (C=O) groups excluding carboxylic acids is 1. The van der Waals surface area contributed by atoms with Crippen molar-refractivity contribution in [2.45, 2.75) is 26.7 Å². The van der Waals surface area contributed by atoms with E-state index >= 15 is 0 Å². The summed E-state index contributed by atoms with van der Waals surface area (Å²) in [7, 11) is 1.64. The molecule has 0 aromatic carbocycles. The first kappa shape index (κ1) is 17.6. The summed E-state index contributed by atoms with van der Waals surface area (Å²) in [5, 5.41) is 10.7. The number of aryl methyl sites for hydroxylation is 2. The maximum absolute atomic E-state index is 12.8. The van der Waals surface area contributed by atoms with E-state index < -0.39 is 5.41 Å². The van der Waals surface area contributed by atoms with Gasteiger partial charge in [0.2, 0.25) is 5.91 Å². The molecule has 3 heterocycles. The molecular formula is C18H25N5O2. The second-order valence-electron chi connectivity index (χ2n) is 6.66. The van der Waals surface area contributed by atoms with Crippen LogP contribution < -0.4 is 10.6 Å². The van der Waals surface area contributed by atoms with Gasteiger partial charge in [-0.25, -0.2) is 9.67 Å². The number of hydrogen-bond acceptors (Lipinski definition) is 5. The number of nitrogens with one attached hydrogen (secondary N) is 2. The Morgan fingerprint density at radius 1 is 1.36 bits per heavy atom. The minimum Gasteiger partial charge on any atom is -0.384 e. The summed E-state index contributed by atoms with van der Waals surface area (Å²) < 4.78 is 7.11. The van der Waals surface area contributed by atoms with Crippen molar-refractivity contribution in [2.24, 2.45) is 5.41 Å². The number of carbonyl (C=O) groups is 1. The highest BCUT2D eigenvalue weighted by Gasteiger charge is 2.39. The summed E-state index contributed by atoms with van der Waals surface area (Å²) >= 11 is 0. The zero-order chi connectivity index (χ0) is 17.9. The van der Waals surface area contributed by atoms with Gasteiger partial charge in [0.25, 0.3) is 0 Å². The average molecular weight is 343 g/mol. The van der Waals surface area contributed by atoms with Crippen molar-refractivity contribution < 1.29 is 9.53 Å². The Hall–Kier alpha value is -2.25. The first-order valence-corrected chi connectivity index (χ1v) is 8.55. The zero-order valence-electron chi connectivity index (χ0n) is 15.0. The van der Waals surface area contributed by atoms with E-state index in [1.54, 1.807) is 18.0 Å². The Balaban J connectivity index is 1.74. The number of piperidine rings is 1. The van der Waals surface area contributed by atoms with Gasteiger partial charge >= 0.3 is 0 Å². The Bertz CT molecular complexity index is 727. The predicted octanol–water partition coefficient (Wildman–Crippen LogP) is 1.84. The van der Waals surface area contributed by atoms with Gasteiger partial charge in [-0.2, -0.15) is 5.10 Å². The second-order valence-corrected chi connectivity index (χ2v) is 6.66. The highest BCUT2D eigenvalue weighted by molar-refractivity contribution is 5.95. The van der Waals surface area contributed by atoms with Gasteiger partial charge in [0.15, 0.2) is 5.82 Å². The van der Waals surface area contributed by atoms with Gasteiger partial charge in [-0.15, -0.1) is 0 Å². The van der Waals surface area contributed by atoms with Gasteiger partial charge in [-0.1, -0.05) is 0 Å². The van der Waals surface area contributed by atoms with E-state index in [1.807, 2.05) is 32.0 Å². The van der Waals surface area contributed by atoms with Crippen LogP contribution in [0, 0.1) is 19.3 Å². The van der Waals surface area contributed by atoms with E-state index in [0.717, 1.165) is 43.1 Å². The molecule has 0 bridgehead atoms. The van der Waals surface area contributed by atoms with Crippen molar-refractivity contribution in [3.05, 3.63) is 35.8 Å². The maximum atomic E-state index is 12.8.